The maximum atomic E-state index is 13.4. The number of hydrogen-bond acceptors (Lipinski definition) is 4. The first kappa shape index (κ1) is 17.5. The summed E-state index contributed by atoms with van der Waals surface area (Å²) >= 11 is 0. The molecule has 0 aromatic heterocycles. The molecule has 0 atom stereocenters. The molecule has 0 fully saturated rings. The molecule has 126 valence electrons. The van der Waals surface area contributed by atoms with Gasteiger partial charge in [-0.1, -0.05) is 24.3 Å². The van der Waals surface area contributed by atoms with Crippen LogP contribution in [0.3, 0.4) is 0 Å². The van der Waals surface area contributed by atoms with Gasteiger partial charge in [-0.3, -0.25) is 9.59 Å². The van der Waals surface area contributed by atoms with E-state index >= 15 is 0 Å². The number of ether oxygens (including phenoxy) is 2. The standard InChI is InChI=1S/C18H18FNO4/c1-23-14-8-6-13(7-9-14)10-11-24-17(21)12-20-18(22)15-4-2-3-5-16(15)19/h2-9H,10-12H2,1H3,(H,20,22). The Kier molecular flexibility index (Phi) is 6.31. The number of methoxy groups -OCH3 is 1. The SMILES string of the molecule is COc1ccc(CCOC(=O)CNC(=O)c2ccccc2F)cc1. The van der Waals surface area contributed by atoms with E-state index in [2.05, 4.69) is 5.32 Å². The Morgan fingerprint density at radius 3 is 2.46 bits per heavy atom. The van der Waals surface area contributed by atoms with Gasteiger partial charge in [0, 0.05) is 6.42 Å². The molecule has 0 bridgehead atoms. The fourth-order valence-electron chi connectivity index (χ4n) is 2.02. The molecule has 2 aromatic rings. The second-order valence-electron chi connectivity index (χ2n) is 4.98. The largest absolute Gasteiger partial charge is 0.497 e. The predicted molar refractivity (Wildman–Crippen MR) is 86.4 cm³/mol. The molecule has 0 aliphatic carbocycles. The molecule has 0 saturated carbocycles. The Labute approximate surface area is 139 Å². The van der Waals surface area contributed by atoms with Crippen molar-refractivity contribution in [2.24, 2.45) is 0 Å². The summed E-state index contributed by atoms with van der Waals surface area (Å²) in [5, 5.41) is 2.33. The average molecular weight is 331 g/mol. The highest BCUT2D eigenvalue weighted by atomic mass is 19.1. The van der Waals surface area contributed by atoms with E-state index in [4.69, 9.17) is 9.47 Å². The van der Waals surface area contributed by atoms with Crippen LogP contribution in [0.4, 0.5) is 4.39 Å². The van der Waals surface area contributed by atoms with Crippen LogP contribution in [-0.2, 0) is 16.0 Å². The van der Waals surface area contributed by atoms with E-state index in [1.54, 1.807) is 13.2 Å². The van der Waals surface area contributed by atoms with Gasteiger partial charge in [0.1, 0.15) is 18.1 Å². The van der Waals surface area contributed by atoms with Crippen molar-refractivity contribution < 1.29 is 23.5 Å². The summed E-state index contributed by atoms with van der Waals surface area (Å²) in [6.07, 6.45) is 0.553. The van der Waals surface area contributed by atoms with E-state index in [1.165, 1.54) is 18.2 Å². The fourth-order valence-corrected chi connectivity index (χ4v) is 2.02. The van der Waals surface area contributed by atoms with Gasteiger partial charge in [0.05, 0.1) is 19.3 Å². The van der Waals surface area contributed by atoms with Gasteiger partial charge in [0.25, 0.3) is 5.91 Å². The average Bonchev–Trinajstić information content (AvgIpc) is 2.60. The molecular weight excluding hydrogens is 313 g/mol. The third kappa shape index (κ3) is 5.08. The first-order chi connectivity index (χ1) is 11.6. The number of rotatable bonds is 7. The minimum absolute atomic E-state index is 0.108. The van der Waals surface area contributed by atoms with E-state index in [-0.39, 0.29) is 18.7 Å². The van der Waals surface area contributed by atoms with Crippen LogP contribution in [-0.4, -0.2) is 32.1 Å². The number of carbonyl (C=O) groups excluding carboxylic acids is 2. The maximum absolute atomic E-state index is 13.4. The quantitative estimate of drug-likeness (QED) is 0.791. The van der Waals surface area contributed by atoms with E-state index in [0.717, 1.165) is 11.3 Å². The molecule has 0 radical (unpaired) electrons. The van der Waals surface area contributed by atoms with Gasteiger partial charge in [0.2, 0.25) is 0 Å². The lowest BCUT2D eigenvalue weighted by molar-refractivity contribution is -0.142. The van der Waals surface area contributed by atoms with Crippen LogP contribution in [0.1, 0.15) is 15.9 Å². The zero-order valence-corrected chi connectivity index (χ0v) is 13.3. The van der Waals surface area contributed by atoms with Gasteiger partial charge in [-0.05, 0) is 29.8 Å². The van der Waals surface area contributed by atoms with Crippen LogP contribution >= 0.6 is 0 Å². The molecule has 24 heavy (non-hydrogen) atoms. The number of benzene rings is 2. The van der Waals surface area contributed by atoms with Crippen molar-refractivity contribution in [1.29, 1.82) is 0 Å². The molecule has 0 saturated heterocycles. The fraction of sp³-hybridized carbons (Fsp3) is 0.222. The van der Waals surface area contributed by atoms with Gasteiger partial charge < -0.3 is 14.8 Å². The molecule has 0 spiro atoms. The third-order valence-corrected chi connectivity index (χ3v) is 3.32. The van der Waals surface area contributed by atoms with Crippen molar-refractivity contribution >= 4 is 11.9 Å². The zero-order chi connectivity index (χ0) is 17.4. The van der Waals surface area contributed by atoms with Crippen molar-refractivity contribution in [2.45, 2.75) is 6.42 Å². The van der Waals surface area contributed by atoms with Crippen LogP contribution in [0.15, 0.2) is 48.5 Å². The van der Waals surface area contributed by atoms with Crippen LogP contribution in [0, 0.1) is 5.82 Å². The van der Waals surface area contributed by atoms with Crippen molar-refractivity contribution in [2.75, 3.05) is 20.3 Å². The van der Waals surface area contributed by atoms with Crippen molar-refractivity contribution in [1.82, 2.24) is 5.32 Å². The normalized spacial score (nSPS) is 10.1. The molecule has 6 heteroatoms. The Hall–Kier alpha value is -2.89. The lowest BCUT2D eigenvalue weighted by atomic mass is 10.1. The summed E-state index contributed by atoms with van der Waals surface area (Å²) in [5.41, 5.74) is 0.891. The van der Waals surface area contributed by atoms with Crippen molar-refractivity contribution in [3.8, 4) is 5.75 Å². The van der Waals surface area contributed by atoms with Crippen molar-refractivity contribution in [3.63, 3.8) is 0 Å². The minimum Gasteiger partial charge on any atom is -0.497 e. The number of hydrogen-bond donors (Lipinski definition) is 1. The molecule has 0 aliphatic rings. The van der Waals surface area contributed by atoms with E-state index in [0.29, 0.717) is 6.42 Å². The first-order valence-corrected chi connectivity index (χ1v) is 7.41. The van der Waals surface area contributed by atoms with Gasteiger partial charge in [-0.15, -0.1) is 0 Å². The van der Waals surface area contributed by atoms with Crippen LogP contribution in [0.25, 0.3) is 0 Å². The first-order valence-electron chi connectivity index (χ1n) is 7.41. The Morgan fingerprint density at radius 2 is 1.79 bits per heavy atom. The van der Waals surface area contributed by atoms with Crippen LogP contribution in [0.5, 0.6) is 5.75 Å². The number of amides is 1. The highest BCUT2D eigenvalue weighted by Gasteiger charge is 2.12. The number of nitrogens with one attached hydrogen (secondary N) is 1. The molecule has 0 aliphatic heterocycles. The number of carbonyl (C=O) groups is 2. The van der Waals surface area contributed by atoms with Gasteiger partial charge in [0.15, 0.2) is 0 Å². The Morgan fingerprint density at radius 1 is 1.08 bits per heavy atom. The summed E-state index contributed by atoms with van der Waals surface area (Å²) in [5.74, 6) is -1.11. The van der Waals surface area contributed by atoms with Crippen molar-refractivity contribution in [3.05, 3.63) is 65.5 Å². The Bertz CT molecular complexity index is 700. The highest BCUT2D eigenvalue weighted by molar-refractivity contribution is 5.96. The van der Waals surface area contributed by atoms with E-state index < -0.39 is 17.7 Å². The Balaban J connectivity index is 1.71. The number of esters is 1. The maximum Gasteiger partial charge on any atom is 0.325 e. The summed E-state index contributed by atoms with van der Waals surface area (Å²) in [6.45, 7) is -0.115. The molecule has 2 rings (SSSR count). The summed E-state index contributed by atoms with van der Waals surface area (Å²) in [7, 11) is 1.59. The molecule has 1 N–H and O–H groups in total. The lowest BCUT2D eigenvalue weighted by Crippen LogP contribution is -2.31. The van der Waals surface area contributed by atoms with E-state index in [1.807, 2.05) is 24.3 Å². The zero-order valence-electron chi connectivity index (χ0n) is 13.3. The van der Waals surface area contributed by atoms with Crippen LogP contribution in [0.2, 0.25) is 0 Å². The summed E-state index contributed by atoms with van der Waals surface area (Å²) in [4.78, 5) is 23.4. The molecule has 5 nitrogen and oxygen atoms in total. The van der Waals surface area contributed by atoms with Crippen LogP contribution < -0.4 is 10.1 Å². The van der Waals surface area contributed by atoms with E-state index in [9.17, 15) is 14.0 Å². The number of halogens is 1. The highest BCUT2D eigenvalue weighted by Crippen LogP contribution is 2.11. The lowest BCUT2D eigenvalue weighted by Gasteiger charge is -2.07. The molecular formula is C18H18FNO4. The predicted octanol–water partition coefficient (Wildman–Crippen LogP) is 2.35. The topological polar surface area (TPSA) is 64.6 Å². The summed E-state index contributed by atoms with van der Waals surface area (Å²) < 4.78 is 23.5. The third-order valence-electron chi connectivity index (χ3n) is 3.32. The molecule has 0 unspecified atom stereocenters. The molecule has 2 aromatic carbocycles. The molecule has 0 heterocycles. The van der Waals surface area contributed by atoms with Gasteiger partial charge in [-0.25, -0.2) is 4.39 Å². The second kappa shape index (κ2) is 8.67. The molecule has 1 amide bonds. The summed E-state index contributed by atoms with van der Waals surface area (Å²) in [6, 6.07) is 13.0. The monoisotopic (exact) mass is 331 g/mol. The second-order valence-corrected chi connectivity index (χ2v) is 4.98. The van der Waals surface area contributed by atoms with Gasteiger partial charge >= 0.3 is 5.97 Å². The minimum atomic E-state index is -0.653. The van der Waals surface area contributed by atoms with Gasteiger partial charge in [-0.2, -0.15) is 0 Å². The smallest absolute Gasteiger partial charge is 0.325 e.